The summed E-state index contributed by atoms with van der Waals surface area (Å²) in [4.78, 5) is 27.0. The van der Waals surface area contributed by atoms with Gasteiger partial charge < -0.3 is 14.4 Å². The van der Waals surface area contributed by atoms with E-state index >= 15 is 0 Å². The second kappa shape index (κ2) is 7.78. The molecule has 2 aromatic rings. The fraction of sp³-hybridized carbons (Fsp3) is 0.474. The average molecular weight is 354 g/mol. The largest absolute Gasteiger partial charge is 0.470 e. The summed E-state index contributed by atoms with van der Waals surface area (Å²) in [6.45, 7) is 1.25. The highest BCUT2D eigenvalue weighted by atomic mass is 16.5. The molecule has 4 rings (SSSR count). The van der Waals surface area contributed by atoms with Crippen molar-refractivity contribution in [2.75, 3.05) is 13.2 Å². The quantitative estimate of drug-likeness (QED) is 0.812. The van der Waals surface area contributed by atoms with Crippen LogP contribution in [0.3, 0.4) is 0 Å². The Morgan fingerprint density at radius 3 is 3.00 bits per heavy atom. The third kappa shape index (κ3) is 3.67. The summed E-state index contributed by atoms with van der Waals surface area (Å²) in [5.41, 5.74) is 0.970. The number of fused-ring (bicyclic) bond motifs is 1. The molecule has 0 N–H and O–H groups in total. The van der Waals surface area contributed by atoms with Crippen LogP contribution in [0.25, 0.3) is 0 Å². The first kappa shape index (κ1) is 16.9. The van der Waals surface area contributed by atoms with Gasteiger partial charge in [-0.15, -0.1) is 0 Å². The standard InChI is InChI=1S/C19H22N4O3/c24-18(7-6-14-10-20-13-21-11-14)23-12-16(19-15(23)4-3-9-25-19)26-17-5-1-2-8-22-17/h1-2,5,8,10-11,13,15-16,19H,3-4,6-7,9,12H2/t15-,16+,19+/m1/s1. The van der Waals surface area contributed by atoms with Crippen molar-refractivity contribution in [1.82, 2.24) is 19.9 Å². The Kier molecular flexibility index (Phi) is 5.06. The molecule has 7 heteroatoms. The molecule has 0 aliphatic carbocycles. The Labute approximate surface area is 152 Å². The predicted octanol–water partition coefficient (Wildman–Crippen LogP) is 1.64. The van der Waals surface area contributed by atoms with Gasteiger partial charge in [-0.25, -0.2) is 15.0 Å². The second-order valence-electron chi connectivity index (χ2n) is 6.66. The molecule has 1 amide bonds. The number of amides is 1. The molecule has 0 bridgehead atoms. The molecule has 0 radical (unpaired) electrons. The van der Waals surface area contributed by atoms with Gasteiger partial charge in [-0.1, -0.05) is 6.07 Å². The Bertz CT molecular complexity index is 728. The van der Waals surface area contributed by atoms with Crippen LogP contribution in [-0.4, -0.2) is 57.2 Å². The van der Waals surface area contributed by atoms with Crippen molar-refractivity contribution in [3.05, 3.63) is 48.7 Å². The molecular formula is C19H22N4O3. The van der Waals surface area contributed by atoms with E-state index in [0.29, 0.717) is 31.9 Å². The van der Waals surface area contributed by atoms with E-state index in [1.807, 2.05) is 23.1 Å². The van der Waals surface area contributed by atoms with E-state index in [2.05, 4.69) is 15.0 Å². The number of hydrogen-bond acceptors (Lipinski definition) is 6. The number of ether oxygens (including phenoxy) is 2. The molecule has 0 unspecified atom stereocenters. The highest BCUT2D eigenvalue weighted by Gasteiger charge is 2.47. The van der Waals surface area contributed by atoms with Crippen molar-refractivity contribution in [1.29, 1.82) is 0 Å². The third-order valence-electron chi connectivity index (χ3n) is 4.95. The van der Waals surface area contributed by atoms with Gasteiger partial charge in [0.05, 0.1) is 12.6 Å². The molecule has 2 aliphatic heterocycles. The maximum absolute atomic E-state index is 12.8. The minimum atomic E-state index is -0.181. The Balaban J connectivity index is 1.43. The normalized spacial score (nSPS) is 24.9. The number of hydrogen-bond donors (Lipinski definition) is 0. The van der Waals surface area contributed by atoms with Crippen molar-refractivity contribution in [3.8, 4) is 5.88 Å². The van der Waals surface area contributed by atoms with E-state index in [9.17, 15) is 4.79 Å². The summed E-state index contributed by atoms with van der Waals surface area (Å²) in [6, 6.07) is 5.65. The summed E-state index contributed by atoms with van der Waals surface area (Å²) < 4.78 is 12.0. The smallest absolute Gasteiger partial charge is 0.223 e. The summed E-state index contributed by atoms with van der Waals surface area (Å²) in [7, 11) is 0. The first-order chi connectivity index (χ1) is 12.8. The number of nitrogens with zero attached hydrogens (tertiary/aromatic N) is 4. The third-order valence-corrected chi connectivity index (χ3v) is 4.95. The summed E-state index contributed by atoms with van der Waals surface area (Å²) in [5.74, 6) is 0.697. The van der Waals surface area contributed by atoms with Gasteiger partial charge in [0.15, 0.2) is 0 Å². The Morgan fingerprint density at radius 1 is 1.31 bits per heavy atom. The minimum absolute atomic E-state index is 0.0805. The SMILES string of the molecule is O=C(CCc1cncnc1)N1C[C@H](Oc2ccccn2)[C@H]2OCCC[C@H]21. The van der Waals surface area contributed by atoms with E-state index in [4.69, 9.17) is 9.47 Å². The highest BCUT2D eigenvalue weighted by Crippen LogP contribution is 2.31. The monoisotopic (exact) mass is 354 g/mol. The molecule has 0 spiro atoms. The van der Waals surface area contributed by atoms with Crippen LogP contribution in [0.15, 0.2) is 43.1 Å². The van der Waals surface area contributed by atoms with Crippen molar-refractivity contribution < 1.29 is 14.3 Å². The van der Waals surface area contributed by atoms with Crippen LogP contribution < -0.4 is 4.74 Å². The molecule has 4 heterocycles. The summed E-state index contributed by atoms with van der Waals surface area (Å²) in [5, 5.41) is 0. The lowest BCUT2D eigenvalue weighted by molar-refractivity contribution is -0.134. The number of carbonyl (C=O) groups is 1. The lowest BCUT2D eigenvalue weighted by Gasteiger charge is -2.32. The number of likely N-dealkylation sites (tertiary alicyclic amines) is 1. The number of aromatic nitrogens is 3. The van der Waals surface area contributed by atoms with Crippen LogP contribution in [0.1, 0.15) is 24.8 Å². The van der Waals surface area contributed by atoms with Crippen LogP contribution in [0.4, 0.5) is 0 Å². The van der Waals surface area contributed by atoms with E-state index in [1.165, 1.54) is 6.33 Å². The average Bonchev–Trinajstić information content (AvgIpc) is 3.06. The van der Waals surface area contributed by atoms with Gasteiger partial charge in [-0.05, 0) is 30.9 Å². The van der Waals surface area contributed by atoms with Gasteiger partial charge in [-0.3, -0.25) is 4.79 Å². The van der Waals surface area contributed by atoms with E-state index in [-0.39, 0.29) is 24.2 Å². The fourth-order valence-electron chi connectivity index (χ4n) is 3.73. The lowest BCUT2D eigenvalue weighted by Crippen LogP contribution is -2.44. The number of carbonyl (C=O) groups excluding carboxylic acids is 1. The summed E-state index contributed by atoms with van der Waals surface area (Å²) >= 11 is 0. The Hall–Kier alpha value is -2.54. The van der Waals surface area contributed by atoms with Gasteiger partial charge in [0.25, 0.3) is 0 Å². The molecular weight excluding hydrogens is 332 g/mol. The van der Waals surface area contributed by atoms with E-state index < -0.39 is 0 Å². The highest BCUT2D eigenvalue weighted by molar-refractivity contribution is 5.77. The predicted molar refractivity (Wildman–Crippen MR) is 93.5 cm³/mol. The topological polar surface area (TPSA) is 77.4 Å². The van der Waals surface area contributed by atoms with Crippen molar-refractivity contribution >= 4 is 5.91 Å². The van der Waals surface area contributed by atoms with Gasteiger partial charge >= 0.3 is 0 Å². The second-order valence-corrected chi connectivity index (χ2v) is 6.66. The zero-order valence-electron chi connectivity index (χ0n) is 14.5. The van der Waals surface area contributed by atoms with Gasteiger partial charge in [0.2, 0.25) is 11.8 Å². The molecule has 2 saturated heterocycles. The minimum Gasteiger partial charge on any atom is -0.470 e. The number of pyridine rings is 1. The van der Waals surface area contributed by atoms with Gasteiger partial charge in [0, 0.05) is 37.7 Å². The van der Waals surface area contributed by atoms with Gasteiger partial charge in [-0.2, -0.15) is 0 Å². The number of rotatable bonds is 5. The maximum Gasteiger partial charge on any atom is 0.223 e. The van der Waals surface area contributed by atoms with E-state index in [0.717, 1.165) is 18.4 Å². The summed E-state index contributed by atoms with van der Waals surface area (Å²) in [6.07, 6.45) is 9.43. The van der Waals surface area contributed by atoms with Crippen molar-refractivity contribution in [3.63, 3.8) is 0 Å². The zero-order valence-corrected chi connectivity index (χ0v) is 14.5. The first-order valence-corrected chi connectivity index (χ1v) is 9.04. The first-order valence-electron chi connectivity index (χ1n) is 9.04. The molecule has 136 valence electrons. The zero-order chi connectivity index (χ0) is 17.8. The Morgan fingerprint density at radius 2 is 2.19 bits per heavy atom. The lowest BCUT2D eigenvalue weighted by atomic mass is 10.0. The van der Waals surface area contributed by atoms with E-state index in [1.54, 1.807) is 18.6 Å². The van der Waals surface area contributed by atoms with Crippen LogP contribution in [0, 0.1) is 0 Å². The number of aryl methyl sites for hydroxylation is 1. The molecule has 2 aromatic heterocycles. The van der Waals surface area contributed by atoms with Crippen LogP contribution >= 0.6 is 0 Å². The molecule has 0 aromatic carbocycles. The van der Waals surface area contributed by atoms with Crippen LogP contribution in [0.2, 0.25) is 0 Å². The molecule has 2 aliphatic rings. The molecule has 7 nitrogen and oxygen atoms in total. The molecule has 0 saturated carbocycles. The maximum atomic E-state index is 12.8. The molecule has 3 atom stereocenters. The van der Waals surface area contributed by atoms with Crippen LogP contribution in [0.5, 0.6) is 5.88 Å². The fourth-order valence-corrected chi connectivity index (χ4v) is 3.73. The van der Waals surface area contributed by atoms with Gasteiger partial charge in [0.1, 0.15) is 18.5 Å². The van der Waals surface area contributed by atoms with Crippen molar-refractivity contribution in [2.45, 2.75) is 43.9 Å². The van der Waals surface area contributed by atoms with Crippen LogP contribution in [-0.2, 0) is 16.0 Å². The molecule has 2 fully saturated rings. The van der Waals surface area contributed by atoms with Crippen molar-refractivity contribution in [2.24, 2.45) is 0 Å². The molecule has 26 heavy (non-hydrogen) atoms.